The molecule has 5 nitrogen and oxygen atoms in total. The molecule has 1 aliphatic rings. The van der Waals surface area contributed by atoms with E-state index >= 15 is 0 Å². The van der Waals surface area contributed by atoms with Gasteiger partial charge in [0, 0.05) is 6.04 Å². The Hall–Kier alpha value is -1.59. The second-order valence-corrected chi connectivity index (χ2v) is 5.38. The maximum atomic E-state index is 12.1. The van der Waals surface area contributed by atoms with E-state index in [0.717, 1.165) is 12.8 Å². The first-order valence-electron chi connectivity index (χ1n) is 7.04. The van der Waals surface area contributed by atoms with E-state index in [9.17, 15) is 9.59 Å². The molecule has 0 radical (unpaired) electrons. The van der Waals surface area contributed by atoms with Crippen molar-refractivity contribution in [3.8, 4) is 0 Å². The Morgan fingerprint density at radius 1 is 1.33 bits per heavy atom. The van der Waals surface area contributed by atoms with Gasteiger partial charge in [-0.05, 0) is 31.9 Å². The van der Waals surface area contributed by atoms with E-state index < -0.39 is 0 Å². The van der Waals surface area contributed by atoms with E-state index in [2.05, 4.69) is 5.32 Å². The second kappa shape index (κ2) is 7.43. The van der Waals surface area contributed by atoms with Gasteiger partial charge >= 0.3 is 5.97 Å². The van der Waals surface area contributed by atoms with Crippen LogP contribution in [0.2, 0.25) is 5.02 Å². The molecule has 21 heavy (non-hydrogen) atoms. The molecule has 0 spiro atoms. The average molecular weight is 311 g/mol. The van der Waals surface area contributed by atoms with Crippen molar-refractivity contribution in [2.24, 2.45) is 0 Å². The number of hydrogen-bond acceptors (Lipinski definition) is 4. The highest BCUT2D eigenvalue weighted by atomic mass is 35.5. The Morgan fingerprint density at radius 3 is 2.67 bits per heavy atom. The third-order valence-electron chi connectivity index (χ3n) is 3.20. The van der Waals surface area contributed by atoms with Crippen LogP contribution in [0.3, 0.4) is 0 Å². The average Bonchev–Trinajstić information content (AvgIpc) is 3.25. The fourth-order valence-electron chi connectivity index (χ4n) is 2.06. The van der Waals surface area contributed by atoms with E-state index in [0.29, 0.717) is 23.4 Å². The number of esters is 1. The maximum Gasteiger partial charge on any atom is 0.320 e. The zero-order chi connectivity index (χ0) is 15.2. The van der Waals surface area contributed by atoms with Gasteiger partial charge in [-0.2, -0.15) is 0 Å². The van der Waals surface area contributed by atoms with Crippen molar-refractivity contribution in [3.63, 3.8) is 0 Å². The highest BCUT2D eigenvalue weighted by Crippen LogP contribution is 2.27. The summed E-state index contributed by atoms with van der Waals surface area (Å²) in [6, 6.07) is 7.36. The summed E-state index contributed by atoms with van der Waals surface area (Å²) in [6.07, 6.45) is 2.03. The fraction of sp³-hybridized carbons (Fsp3) is 0.467. The Labute approximate surface area is 129 Å². The first kappa shape index (κ1) is 15.8. The van der Waals surface area contributed by atoms with E-state index in [1.165, 1.54) is 0 Å². The SMILES string of the molecule is CCOC(=O)CN(CC(=O)Nc1ccccc1Cl)C1CC1. The second-order valence-electron chi connectivity index (χ2n) is 4.97. The molecule has 114 valence electrons. The lowest BCUT2D eigenvalue weighted by Crippen LogP contribution is -2.39. The minimum Gasteiger partial charge on any atom is -0.465 e. The van der Waals surface area contributed by atoms with Crippen LogP contribution >= 0.6 is 11.6 Å². The van der Waals surface area contributed by atoms with Crippen LogP contribution in [0.1, 0.15) is 19.8 Å². The molecule has 0 saturated heterocycles. The fourth-order valence-corrected chi connectivity index (χ4v) is 2.25. The van der Waals surface area contributed by atoms with Crippen molar-refractivity contribution in [1.82, 2.24) is 4.90 Å². The highest BCUT2D eigenvalue weighted by Gasteiger charge is 2.32. The zero-order valence-electron chi connectivity index (χ0n) is 12.0. The van der Waals surface area contributed by atoms with Crippen molar-refractivity contribution in [2.75, 3.05) is 25.0 Å². The van der Waals surface area contributed by atoms with Crippen LogP contribution in [-0.4, -0.2) is 42.5 Å². The number of amides is 1. The number of para-hydroxylation sites is 1. The van der Waals surface area contributed by atoms with Crippen LogP contribution in [0.4, 0.5) is 5.69 Å². The number of anilines is 1. The summed E-state index contributed by atoms with van der Waals surface area (Å²) in [7, 11) is 0. The first-order chi connectivity index (χ1) is 10.1. The van der Waals surface area contributed by atoms with Crippen molar-refractivity contribution < 1.29 is 14.3 Å². The Morgan fingerprint density at radius 2 is 2.05 bits per heavy atom. The summed E-state index contributed by atoms with van der Waals surface area (Å²) in [5.74, 6) is -0.478. The summed E-state index contributed by atoms with van der Waals surface area (Å²) in [4.78, 5) is 25.5. The number of carbonyl (C=O) groups excluding carboxylic acids is 2. The molecule has 1 aromatic rings. The molecular weight excluding hydrogens is 292 g/mol. The molecule has 2 rings (SSSR count). The highest BCUT2D eigenvalue weighted by molar-refractivity contribution is 6.33. The molecule has 1 N–H and O–H groups in total. The molecule has 0 atom stereocenters. The van der Waals surface area contributed by atoms with Gasteiger partial charge < -0.3 is 10.1 Å². The number of rotatable bonds is 7. The Kier molecular flexibility index (Phi) is 5.59. The molecule has 6 heteroatoms. The van der Waals surface area contributed by atoms with Gasteiger partial charge in [0.05, 0.1) is 30.4 Å². The third-order valence-corrected chi connectivity index (χ3v) is 3.53. The van der Waals surface area contributed by atoms with Crippen molar-refractivity contribution in [3.05, 3.63) is 29.3 Å². The number of carbonyl (C=O) groups is 2. The molecule has 1 aromatic carbocycles. The predicted molar refractivity (Wildman–Crippen MR) is 81.3 cm³/mol. The summed E-state index contributed by atoms with van der Waals surface area (Å²) < 4.78 is 4.94. The first-order valence-corrected chi connectivity index (χ1v) is 7.42. The number of nitrogens with zero attached hydrogens (tertiary/aromatic N) is 1. The summed E-state index contributed by atoms with van der Waals surface area (Å²) in [5, 5.41) is 3.26. The van der Waals surface area contributed by atoms with Crippen LogP contribution in [0.15, 0.2) is 24.3 Å². The number of nitrogens with one attached hydrogen (secondary N) is 1. The molecule has 1 saturated carbocycles. The number of hydrogen-bond donors (Lipinski definition) is 1. The van der Waals surface area contributed by atoms with E-state index in [1.807, 2.05) is 4.90 Å². The smallest absolute Gasteiger partial charge is 0.320 e. The largest absolute Gasteiger partial charge is 0.465 e. The minimum absolute atomic E-state index is 0.147. The van der Waals surface area contributed by atoms with Gasteiger partial charge in [0.15, 0.2) is 0 Å². The summed E-state index contributed by atoms with van der Waals surface area (Å²) in [5.41, 5.74) is 0.580. The third kappa shape index (κ3) is 5.02. The number of benzene rings is 1. The molecular formula is C15H19ClN2O3. The molecule has 1 aliphatic carbocycles. The van der Waals surface area contributed by atoms with Gasteiger partial charge in [-0.3, -0.25) is 14.5 Å². The Bertz CT molecular complexity index is 517. The molecule has 0 heterocycles. The van der Waals surface area contributed by atoms with Crippen molar-refractivity contribution in [1.29, 1.82) is 0 Å². The maximum absolute atomic E-state index is 12.1. The van der Waals surface area contributed by atoms with Crippen LogP contribution in [-0.2, 0) is 14.3 Å². The molecule has 0 aliphatic heterocycles. The lowest BCUT2D eigenvalue weighted by molar-refractivity contribution is -0.144. The van der Waals surface area contributed by atoms with Crippen LogP contribution < -0.4 is 5.32 Å². The summed E-state index contributed by atoms with van der Waals surface area (Å²) in [6.45, 7) is 2.43. The van der Waals surface area contributed by atoms with Crippen LogP contribution in [0, 0.1) is 0 Å². The molecule has 0 bridgehead atoms. The van der Waals surface area contributed by atoms with Gasteiger partial charge in [0.25, 0.3) is 0 Å². The molecule has 0 unspecified atom stereocenters. The van der Waals surface area contributed by atoms with Crippen LogP contribution in [0.25, 0.3) is 0 Å². The normalized spacial score (nSPS) is 14.0. The quantitative estimate of drug-likeness (QED) is 0.785. The standard InChI is InChI=1S/C15H19ClN2O3/c1-2-21-15(20)10-18(11-7-8-11)9-14(19)17-13-6-4-3-5-12(13)16/h3-6,11H,2,7-10H2,1H3,(H,17,19). The van der Waals surface area contributed by atoms with Crippen molar-refractivity contribution in [2.45, 2.75) is 25.8 Å². The lowest BCUT2D eigenvalue weighted by atomic mass is 10.3. The van der Waals surface area contributed by atoms with E-state index in [4.69, 9.17) is 16.3 Å². The van der Waals surface area contributed by atoms with Gasteiger partial charge in [0.2, 0.25) is 5.91 Å². The topological polar surface area (TPSA) is 58.6 Å². The van der Waals surface area contributed by atoms with Gasteiger partial charge in [-0.1, -0.05) is 23.7 Å². The number of halogens is 1. The van der Waals surface area contributed by atoms with E-state index in [-0.39, 0.29) is 25.0 Å². The van der Waals surface area contributed by atoms with Crippen LogP contribution in [0.5, 0.6) is 0 Å². The minimum atomic E-state index is -0.296. The van der Waals surface area contributed by atoms with Gasteiger partial charge in [0.1, 0.15) is 0 Å². The zero-order valence-corrected chi connectivity index (χ0v) is 12.7. The molecule has 1 fully saturated rings. The van der Waals surface area contributed by atoms with Gasteiger partial charge in [-0.15, -0.1) is 0 Å². The van der Waals surface area contributed by atoms with Gasteiger partial charge in [-0.25, -0.2) is 0 Å². The predicted octanol–water partition coefficient (Wildman–Crippen LogP) is 2.31. The van der Waals surface area contributed by atoms with Crippen molar-refractivity contribution >= 4 is 29.2 Å². The lowest BCUT2D eigenvalue weighted by Gasteiger charge is -2.20. The van der Waals surface area contributed by atoms with E-state index in [1.54, 1.807) is 31.2 Å². The summed E-state index contributed by atoms with van der Waals surface area (Å²) >= 11 is 6.00. The molecule has 1 amide bonds. The Balaban J connectivity index is 1.89. The molecule has 0 aromatic heterocycles. The monoisotopic (exact) mass is 310 g/mol. The number of ether oxygens (including phenoxy) is 1.